The van der Waals surface area contributed by atoms with Crippen LogP contribution in [0.25, 0.3) is 33.3 Å². The number of rotatable bonds is 4. The molecule has 5 rings (SSSR count). The Morgan fingerprint density at radius 3 is 2.62 bits per heavy atom. The Kier molecular flexibility index (Phi) is 5.19. The van der Waals surface area contributed by atoms with Gasteiger partial charge in [0.25, 0.3) is 5.56 Å². The van der Waals surface area contributed by atoms with Crippen LogP contribution >= 0.6 is 15.9 Å². The summed E-state index contributed by atoms with van der Waals surface area (Å²) < 4.78 is 15.8. The van der Waals surface area contributed by atoms with E-state index in [0.29, 0.717) is 11.0 Å². The summed E-state index contributed by atoms with van der Waals surface area (Å²) in [6.45, 7) is 2.25. The zero-order valence-corrected chi connectivity index (χ0v) is 18.7. The van der Waals surface area contributed by atoms with E-state index in [0.717, 1.165) is 44.5 Å². The molecule has 0 atom stereocenters. The molecular formula is C25H18BrFN4O. The number of aryl methyl sites for hydroxylation is 1. The van der Waals surface area contributed by atoms with E-state index in [1.165, 1.54) is 6.07 Å². The number of aromatic nitrogens is 4. The van der Waals surface area contributed by atoms with Crippen LogP contribution in [0.3, 0.4) is 0 Å². The van der Waals surface area contributed by atoms with Crippen LogP contribution in [0.2, 0.25) is 0 Å². The highest BCUT2D eigenvalue weighted by Crippen LogP contribution is 2.30. The second kappa shape index (κ2) is 8.16. The number of nitrogens with one attached hydrogen (secondary N) is 1. The molecule has 7 heteroatoms. The van der Waals surface area contributed by atoms with Gasteiger partial charge in [-0.15, -0.1) is 0 Å². The van der Waals surface area contributed by atoms with E-state index >= 15 is 0 Å². The summed E-state index contributed by atoms with van der Waals surface area (Å²) in [7, 11) is 0. The number of halogens is 2. The van der Waals surface area contributed by atoms with Gasteiger partial charge < -0.3 is 4.57 Å². The molecule has 0 unspecified atom stereocenters. The molecule has 3 aromatic heterocycles. The predicted octanol–water partition coefficient (Wildman–Crippen LogP) is 5.71. The first kappa shape index (κ1) is 20.3. The van der Waals surface area contributed by atoms with E-state index in [1.54, 1.807) is 35.2 Å². The van der Waals surface area contributed by atoms with Crippen molar-refractivity contribution in [2.75, 3.05) is 0 Å². The fourth-order valence-corrected chi connectivity index (χ4v) is 4.01. The maximum atomic E-state index is 13.8. The summed E-state index contributed by atoms with van der Waals surface area (Å²) in [6, 6.07) is 18.3. The quantitative estimate of drug-likeness (QED) is 0.352. The second-order valence-corrected chi connectivity index (χ2v) is 8.50. The molecule has 0 aliphatic carbocycles. The van der Waals surface area contributed by atoms with Crippen LogP contribution in [0.4, 0.5) is 4.39 Å². The molecule has 158 valence electrons. The molecule has 0 aliphatic rings. The Morgan fingerprint density at radius 1 is 1.00 bits per heavy atom. The average molecular weight is 489 g/mol. The molecule has 0 amide bonds. The first-order chi connectivity index (χ1) is 15.5. The van der Waals surface area contributed by atoms with Gasteiger partial charge in [-0.1, -0.05) is 12.1 Å². The van der Waals surface area contributed by atoms with E-state index in [2.05, 4.69) is 31.1 Å². The van der Waals surface area contributed by atoms with Gasteiger partial charge in [0.15, 0.2) is 0 Å². The zero-order chi connectivity index (χ0) is 22.2. The Balaban J connectivity index is 1.50. The molecule has 0 bridgehead atoms. The van der Waals surface area contributed by atoms with Crippen molar-refractivity contribution >= 4 is 26.8 Å². The average Bonchev–Trinajstić information content (AvgIpc) is 3.21. The Bertz CT molecular complexity index is 1520. The number of hydrogen-bond donors (Lipinski definition) is 1. The van der Waals surface area contributed by atoms with Gasteiger partial charge in [-0.3, -0.25) is 14.9 Å². The van der Waals surface area contributed by atoms with Gasteiger partial charge in [-0.05, 0) is 82.0 Å². The minimum absolute atomic E-state index is 0.150. The first-order valence-electron chi connectivity index (χ1n) is 10.0. The van der Waals surface area contributed by atoms with Crippen molar-refractivity contribution in [1.29, 1.82) is 0 Å². The van der Waals surface area contributed by atoms with Gasteiger partial charge in [0.1, 0.15) is 11.5 Å². The Hall–Kier alpha value is -3.58. The summed E-state index contributed by atoms with van der Waals surface area (Å²) >= 11 is 3.15. The molecule has 5 aromatic rings. The minimum Gasteiger partial charge on any atom is -0.311 e. The summed E-state index contributed by atoms with van der Waals surface area (Å²) in [5.41, 5.74) is 5.97. The maximum Gasteiger partial charge on any atom is 0.251 e. The van der Waals surface area contributed by atoms with E-state index in [9.17, 15) is 9.18 Å². The fraction of sp³-hybridized carbons (Fsp3) is 0.0800. The lowest BCUT2D eigenvalue weighted by atomic mass is 10.0. The van der Waals surface area contributed by atoms with Crippen molar-refractivity contribution in [1.82, 2.24) is 19.7 Å². The molecule has 5 nitrogen and oxygen atoms in total. The van der Waals surface area contributed by atoms with Gasteiger partial charge in [-0.25, -0.2) is 4.39 Å². The van der Waals surface area contributed by atoms with E-state index in [4.69, 9.17) is 0 Å². The van der Waals surface area contributed by atoms with Gasteiger partial charge >= 0.3 is 0 Å². The molecule has 32 heavy (non-hydrogen) atoms. The monoisotopic (exact) mass is 488 g/mol. The SMILES string of the molecule is Cc1cc(-c2n[nH]c3ccc(-c4ccn(Cc5ccc(Br)c(F)c5)c(=O)c4)cc23)ccn1. The molecular weight excluding hydrogens is 471 g/mol. The first-order valence-corrected chi connectivity index (χ1v) is 10.8. The van der Waals surface area contributed by atoms with Crippen LogP contribution in [0.15, 0.2) is 82.3 Å². The number of benzene rings is 2. The summed E-state index contributed by atoms with van der Waals surface area (Å²) in [5, 5.41) is 8.53. The molecule has 0 aliphatic heterocycles. The molecule has 0 spiro atoms. The second-order valence-electron chi connectivity index (χ2n) is 7.65. The van der Waals surface area contributed by atoms with Crippen molar-refractivity contribution in [3.05, 3.63) is 105 Å². The van der Waals surface area contributed by atoms with Gasteiger partial charge in [0.05, 0.1) is 16.5 Å². The normalized spacial score (nSPS) is 11.2. The third-order valence-electron chi connectivity index (χ3n) is 5.40. The Morgan fingerprint density at radius 2 is 1.84 bits per heavy atom. The third kappa shape index (κ3) is 3.87. The van der Waals surface area contributed by atoms with Crippen molar-refractivity contribution < 1.29 is 4.39 Å². The van der Waals surface area contributed by atoms with E-state index in [1.807, 2.05) is 43.3 Å². The lowest BCUT2D eigenvalue weighted by molar-refractivity contribution is 0.616. The van der Waals surface area contributed by atoms with Crippen LogP contribution in [0.5, 0.6) is 0 Å². The molecule has 0 fully saturated rings. The van der Waals surface area contributed by atoms with Crippen LogP contribution in [-0.2, 0) is 6.54 Å². The lowest BCUT2D eigenvalue weighted by Gasteiger charge is -2.09. The highest BCUT2D eigenvalue weighted by atomic mass is 79.9. The van der Waals surface area contributed by atoms with Crippen LogP contribution < -0.4 is 5.56 Å². The smallest absolute Gasteiger partial charge is 0.251 e. The molecule has 1 N–H and O–H groups in total. The van der Waals surface area contributed by atoms with Crippen LogP contribution in [0, 0.1) is 12.7 Å². The molecule has 0 saturated heterocycles. The number of hydrogen-bond acceptors (Lipinski definition) is 3. The highest BCUT2D eigenvalue weighted by molar-refractivity contribution is 9.10. The minimum atomic E-state index is -0.347. The van der Waals surface area contributed by atoms with Crippen LogP contribution in [-0.4, -0.2) is 19.7 Å². The lowest BCUT2D eigenvalue weighted by Crippen LogP contribution is -2.19. The largest absolute Gasteiger partial charge is 0.311 e. The van der Waals surface area contributed by atoms with Gasteiger partial charge in [-0.2, -0.15) is 5.10 Å². The van der Waals surface area contributed by atoms with Crippen molar-refractivity contribution in [3.63, 3.8) is 0 Å². The van der Waals surface area contributed by atoms with Gasteiger partial charge in [0.2, 0.25) is 0 Å². The zero-order valence-electron chi connectivity index (χ0n) is 17.1. The summed E-state index contributed by atoms with van der Waals surface area (Å²) in [4.78, 5) is 17.0. The number of pyridine rings is 2. The molecule has 2 aromatic carbocycles. The number of fused-ring (bicyclic) bond motifs is 1. The molecule has 0 saturated carbocycles. The standard InChI is InChI=1S/C25H18BrFN4O/c1-15-10-19(6-8-28-15)25-20-12-17(3-5-23(20)29-30-25)18-7-9-31(24(32)13-18)14-16-2-4-21(26)22(27)11-16/h2-13H,14H2,1H3,(H,29,30). The topological polar surface area (TPSA) is 63.6 Å². The van der Waals surface area contributed by atoms with Crippen molar-refractivity contribution in [2.24, 2.45) is 0 Å². The predicted molar refractivity (Wildman–Crippen MR) is 127 cm³/mol. The number of nitrogens with zero attached hydrogens (tertiary/aromatic N) is 3. The number of aromatic amines is 1. The van der Waals surface area contributed by atoms with Crippen LogP contribution in [0.1, 0.15) is 11.3 Å². The summed E-state index contributed by atoms with van der Waals surface area (Å²) in [6.07, 6.45) is 3.51. The third-order valence-corrected chi connectivity index (χ3v) is 6.04. The summed E-state index contributed by atoms with van der Waals surface area (Å²) in [5.74, 6) is -0.347. The fourth-order valence-electron chi connectivity index (χ4n) is 3.76. The number of H-pyrrole nitrogens is 1. The van der Waals surface area contributed by atoms with Crippen molar-refractivity contribution in [3.8, 4) is 22.4 Å². The highest BCUT2D eigenvalue weighted by Gasteiger charge is 2.11. The molecule has 0 radical (unpaired) electrons. The van der Waals surface area contributed by atoms with Gasteiger partial charge in [0, 0.05) is 35.1 Å². The van der Waals surface area contributed by atoms with E-state index in [-0.39, 0.29) is 11.4 Å². The van der Waals surface area contributed by atoms with Crippen molar-refractivity contribution in [2.45, 2.75) is 13.5 Å². The van der Waals surface area contributed by atoms with E-state index < -0.39 is 0 Å². The molecule has 3 heterocycles. The maximum absolute atomic E-state index is 13.8. The Labute approximate surface area is 191 Å².